The molecular weight excluding hydrogens is 243 g/mol. The molecule has 1 unspecified atom stereocenters. The molecule has 1 N–H and O–H groups in total. The molecular formula is C13H18Cl2O. The van der Waals surface area contributed by atoms with Crippen molar-refractivity contribution in [3.8, 4) is 0 Å². The Morgan fingerprint density at radius 2 is 1.94 bits per heavy atom. The van der Waals surface area contributed by atoms with E-state index in [1.165, 1.54) is 0 Å². The summed E-state index contributed by atoms with van der Waals surface area (Å²) in [6.45, 7) is 7.61. The second-order valence-corrected chi connectivity index (χ2v) is 6.06. The zero-order valence-corrected chi connectivity index (χ0v) is 11.7. The molecule has 1 nitrogen and oxygen atoms in total. The number of aliphatic hydroxyl groups excluding tert-OH is 1. The summed E-state index contributed by atoms with van der Waals surface area (Å²) in [5.74, 6) is 0. The Morgan fingerprint density at radius 1 is 1.38 bits per heavy atom. The van der Waals surface area contributed by atoms with Gasteiger partial charge in [0.1, 0.15) is 0 Å². The fourth-order valence-electron chi connectivity index (χ4n) is 1.86. The first kappa shape index (κ1) is 13.8. The number of hydrogen-bond acceptors (Lipinski definition) is 1. The zero-order chi connectivity index (χ0) is 12.5. The molecule has 90 valence electrons. The van der Waals surface area contributed by atoms with E-state index in [4.69, 9.17) is 23.2 Å². The van der Waals surface area contributed by atoms with Gasteiger partial charge in [-0.2, -0.15) is 0 Å². The van der Waals surface area contributed by atoms with Gasteiger partial charge in [0.25, 0.3) is 0 Å². The second-order valence-electron chi connectivity index (χ2n) is 4.74. The van der Waals surface area contributed by atoms with Gasteiger partial charge in [0.05, 0.1) is 11.0 Å². The average Bonchev–Trinajstić information content (AvgIpc) is 2.10. The molecule has 16 heavy (non-hydrogen) atoms. The molecule has 0 aliphatic heterocycles. The van der Waals surface area contributed by atoms with E-state index < -0.39 is 4.87 Å². The fraction of sp³-hybridized carbons (Fsp3) is 0.538. The van der Waals surface area contributed by atoms with Gasteiger partial charge in [-0.05, 0) is 50.8 Å². The van der Waals surface area contributed by atoms with E-state index in [0.717, 1.165) is 16.7 Å². The van der Waals surface area contributed by atoms with Crippen molar-refractivity contribution in [2.75, 3.05) is 0 Å². The third-order valence-electron chi connectivity index (χ3n) is 2.62. The minimum atomic E-state index is -0.420. The molecule has 0 spiro atoms. The second kappa shape index (κ2) is 4.95. The van der Waals surface area contributed by atoms with Crippen LogP contribution in [-0.2, 0) is 11.3 Å². The molecule has 0 aromatic heterocycles. The molecule has 0 heterocycles. The van der Waals surface area contributed by atoms with Gasteiger partial charge in [0, 0.05) is 5.02 Å². The normalized spacial score (nSPS) is 13.9. The number of benzene rings is 1. The number of halogens is 2. The number of aliphatic hydroxyl groups is 1. The standard InChI is InChI=1S/C13H18Cl2O/c1-8(16)7-10-5-6-11(13(3,4)15)9(2)12(10)14/h5-6,8,16H,7H2,1-4H3. The van der Waals surface area contributed by atoms with Crippen LogP contribution in [0, 0.1) is 6.92 Å². The maximum atomic E-state index is 9.37. The van der Waals surface area contributed by atoms with Crippen LogP contribution < -0.4 is 0 Å². The summed E-state index contributed by atoms with van der Waals surface area (Å²) in [5, 5.41) is 10.1. The average molecular weight is 261 g/mol. The van der Waals surface area contributed by atoms with Gasteiger partial charge in [-0.25, -0.2) is 0 Å². The van der Waals surface area contributed by atoms with Crippen molar-refractivity contribution >= 4 is 23.2 Å². The lowest BCUT2D eigenvalue weighted by molar-refractivity contribution is 0.195. The van der Waals surface area contributed by atoms with Crippen LogP contribution in [0.4, 0.5) is 0 Å². The van der Waals surface area contributed by atoms with Gasteiger partial charge in [-0.3, -0.25) is 0 Å². The van der Waals surface area contributed by atoms with Crippen molar-refractivity contribution in [2.45, 2.75) is 45.1 Å². The Balaban J connectivity index is 3.19. The third-order valence-corrected chi connectivity index (χ3v) is 3.35. The van der Waals surface area contributed by atoms with E-state index in [9.17, 15) is 5.11 Å². The van der Waals surface area contributed by atoms with Crippen LogP contribution in [0.15, 0.2) is 12.1 Å². The first-order chi connectivity index (χ1) is 7.23. The minimum absolute atomic E-state index is 0.383. The van der Waals surface area contributed by atoms with Crippen molar-refractivity contribution in [1.29, 1.82) is 0 Å². The molecule has 0 aliphatic carbocycles. The molecule has 0 fully saturated rings. The van der Waals surface area contributed by atoms with Crippen molar-refractivity contribution in [2.24, 2.45) is 0 Å². The fourth-order valence-corrected chi connectivity index (χ4v) is 2.31. The Morgan fingerprint density at radius 3 is 2.38 bits per heavy atom. The number of rotatable bonds is 3. The molecule has 1 atom stereocenters. The Bertz CT molecular complexity index is 378. The third kappa shape index (κ3) is 3.13. The van der Waals surface area contributed by atoms with Gasteiger partial charge in [0.2, 0.25) is 0 Å². The van der Waals surface area contributed by atoms with Crippen LogP contribution in [0.1, 0.15) is 37.5 Å². The van der Waals surface area contributed by atoms with Crippen LogP contribution in [0.2, 0.25) is 5.02 Å². The lowest BCUT2D eigenvalue weighted by Gasteiger charge is -2.21. The molecule has 1 aromatic carbocycles. The number of hydrogen-bond donors (Lipinski definition) is 1. The van der Waals surface area contributed by atoms with Crippen molar-refractivity contribution in [3.63, 3.8) is 0 Å². The van der Waals surface area contributed by atoms with E-state index in [-0.39, 0.29) is 6.10 Å². The first-order valence-corrected chi connectivity index (χ1v) is 6.14. The van der Waals surface area contributed by atoms with Crippen LogP contribution >= 0.6 is 23.2 Å². The van der Waals surface area contributed by atoms with Crippen molar-refractivity contribution in [3.05, 3.63) is 33.8 Å². The molecule has 0 saturated heterocycles. The lowest BCUT2D eigenvalue weighted by atomic mass is 9.94. The van der Waals surface area contributed by atoms with E-state index in [2.05, 4.69) is 0 Å². The summed E-state index contributed by atoms with van der Waals surface area (Å²) in [4.78, 5) is -0.420. The summed E-state index contributed by atoms with van der Waals surface area (Å²) in [5.41, 5.74) is 3.01. The highest BCUT2D eigenvalue weighted by molar-refractivity contribution is 6.32. The highest BCUT2D eigenvalue weighted by atomic mass is 35.5. The molecule has 0 bridgehead atoms. The summed E-state index contributed by atoms with van der Waals surface area (Å²) >= 11 is 12.6. The first-order valence-electron chi connectivity index (χ1n) is 5.39. The van der Waals surface area contributed by atoms with Crippen LogP contribution in [-0.4, -0.2) is 11.2 Å². The monoisotopic (exact) mass is 260 g/mol. The van der Waals surface area contributed by atoms with E-state index in [1.807, 2.05) is 32.9 Å². The molecule has 1 rings (SSSR count). The SMILES string of the molecule is Cc1c(C(C)(C)Cl)ccc(CC(C)O)c1Cl. The Labute approximate surface area is 107 Å². The summed E-state index contributed by atoms with van der Waals surface area (Å²) in [7, 11) is 0. The van der Waals surface area contributed by atoms with E-state index in [1.54, 1.807) is 6.92 Å². The maximum Gasteiger partial charge on any atom is 0.0641 e. The maximum absolute atomic E-state index is 9.37. The van der Waals surface area contributed by atoms with Crippen LogP contribution in [0.25, 0.3) is 0 Å². The number of alkyl halides is 1. The molecule has 0 saturated carbocycles. The smallest absolute Gasteiger partial charge is 0.0641 e. The topological polar surface area (TPSA) is 20.2 Å². The van der Waals surface area contributed by atoms with Gasteiger partial charge in [0.15, 0.2) is 0 Å². The van der Waals surface area contributed by atoms with Crippen LogP contribution in [0.3, 0.4) is 0 Å². The Hall–Kier alpha value is -0.240. The summed E-state index contributed by atoms with van der Waals surface area (Å²) in [6.07, 6.45) is 0.189. The van der Waals surface area contributed by atoms with Gasteiger partial charge in [-0.1, -0.05) is 23.7 Å². The highest BCUT2D eigenvalue weighted by Crippen LogP contribution is 2.35. The molecule has 1 aromatic rings. The minimum Gasteiger partial charge on any atom is -0.393 e. The molecule has 3 heteroatoms. The largest absolute Gasteiger partial charge is 0.393 e. The van der Waals surface area contributed by atoms with Crippen molar-refractivity contribution in [1.82, 2.24) is 0 Å². The van der Waals surface area contributed by atoms with E-state index >= 15 is 0 Å². The quantitative estimate of drug-likeness (QED) is 0.814. The summed E-state index contributed by atoms with van der Waals surface area (Å²) in [6, 6.07) is 3.94. The molecule has 0 aliphatic rings. The van der Waals surface area contributed by atoms with Gasteiger partial charge >= 0.3 is 0 Å². The zero-order valence-electron chi connectivity index (χ0n) is 10.1. The predicted molar refractivity (Wildman–Crippen MR) is 70.5 cm³/mol. The van der Waals surface area contributed by atoms with E-state index in [0.29, 0.717) is 11.4 Å². The van der Waals surface area contributed by atoms with Gasteiger partial charge < -0.3 is 5.11 Å². The highest BCUT2D eigenvalue weighted by Gasteiger charge is 2.21. The summed E-state index contributed by atoms with van der Waals surface area (Å²) < 4.78 is 0. The van der Waals surface area contributed by atoms with Crippen molar-refractivity contribution < 1.29 is 5.11 Å². The van der Waals surface area contributed by atoms with Gasteiger partial charge in [-0.15, -0.1) is 11.6 Å². The lowest BCUT2D eigenvalue weighted by Crippen LogP contribution is -2.12. The van der Waals surface area contributed by atoms with Crippen LogP contribution in [0.5, 0.6) is 0 Å². The molecule has 0 amide bonds. The molecule has 0 radical (unpaired) electrons. The predicted octanol–water partition coefficient (Wildman–Crippen LogP) is 4.05. The Kier molecular flexibility index (Phi) is 4.28.